The fraction of sp³-hybridized carbons (Fsp3) is 0.812. The largest absolute Gasteiger partial charge is 0.348 e. The van der Waals surface area contributed by atoms with E-state index in [2.05, 4.69) is 24.1 Å². The third kappa shape index (κ3) is 3.17. The second-order valence-electron chi connectivity index (χ2n) is 7.11. The molecule has 0 atom stereocenters. The molecule has 3 rings (SSSR count). The predicted molar refractivity (Wildman–Crippen MR) is 86.7 cm³/mol. The minimum atomic E-state index is 0.499. The molecule has 0 radical (unpaired) electrons. The Morgan fingerprint density at radius 1 is 1.30 bits per heavy atom. The molecule has 2 heterocycles. The molecule has 0 amide bonds. The summed E-state index contributed by atoms with van der Waals surface area (Å²) in [5.41, 5.74) is 1.89. The molecule has 2 fully saturated rings. The van der Waals surface area contributed by atoms with Crippen molar-refractivity contribution < 1.29 is 0 Å². The zero-order chi connectivity index (χ0) is 14.2. The molecular formula is C16H27N3S. The second kappa shape index (κ2) is 5.64. The van der Waals surface area contributed by atoms with E-state index in [4.69, 9.17) is 4.98 Å². The lowest BCUT2D eigenvalue weighted by Crippen LogP contribution is -2.24. The van der Waals surface area contributed by atoms with Crippen LogP contribution in [-0.4, -0.2) is 25.1 Å². The highest BCUT2D eigenvalue weighted by Gasteiger charge is 2.31. The first-order valence-corrected chi connectivity index (χ1v) is 8.80. The van der Waals surface area contributed by atoms with Crippen LogP contribution in [0.25, 0.3) is 0 Å². The van der Waals surface area contributed by atoms with Crippen molar-refractivity contribution in [3.8, 4) is 0 Å². The first-order chi connectivity index (χ1) is 9.59. The van der Waals surface area contributed by atoms with Gasteiger partial charge in [-0.3, -0.25) is 0 Å². The van der Waals surface area contributed by atoms with E-state index in [0.29, 0.717) is 5.41 Å². The van der Waals surface area contributed by atoms with E-state index in [0.717, 1.165) is 12.5 Å². The number of anilines is 1. The zero-order valence-corrected chi connectivity index (χ0v) is 13.9. The van der Waals surface area contributed by atoms with Crippen LogP contribution in [0.5, 0.6) is 0 Å². The average Bonchev–Trinajstić information content (AvgIpc) is 3.18. The molecule has 1 aromatic rings. The van der Waals surface area contributed by atoms with Crippen molar-refractivity contribution in [2.24, 2.45) is 5.41 Å². The van der Waals surface area contributed by atoms with Crippen LogP contribution in [0, 0.1) is 5.41 Å². The lowest BCUT2D eigenvalue weighted by Gasteiger charge is -2.22. The maximum atomic E-state index is 5.01. The van der Waals surface area contributed by atoms with E-state index in [9.17, 15) is 0 Å². The van der Waals surface area contributed by atoms with Gasteiger partial charge < -0.3 is 10.2 Å². The van der Waals surface area contributed by atoms with E-state index in [1.165, 1.54) is 60.9 Å². The number of aromatic nitrogens is 1. The summed E-state index contributed by atoms with van der Waals surface area (Å²) in [5, 5.41) is 4.57. The monoisotopic (exact) mass is 293 g/mol. The molecule has 1 N–H and O–H groups in total. The van der Waals surface area contributed by atoms with Crippen LogP contribution in [0.3, 0.4) is 0 Å². The predicted octanol–water partition coefficient (Wildman–Crippen LogP) is 3.76. The van der Waals surface area contributed by atoms with Crippen molar-refractivity contribution in [3.63, 3.8) is 0 Å². The zero-order valence-electron chi connectivity index (χ0n) is 13.0. The summed E-state index contributed by atoms with van der Waals surface area (Å²) < 4.78 is 0. The van der Waals surface area contributed by atoms with Crippen LogP contribution in [0.1, 0.15) is 62.4 Å². The lowest BCUT2D eigenvalue weighted by molar-refractivity contribution is 0.325. The molecule has 1 aliphatic carbocycles. The molecule has 112 valence electrons. The van der Waals surface area contributed by atoms with E-state index >= 15 is 0 Å². The van der Waals surface area contributed by atoms with E-state index in [1.807, 2.05) is 18.4 Å². The fourth-order valence-corrected chi connectivity index (χ4v) is 4.27. The summed E-state index contributed by atoms with van der Waals surface area (Å²) in [6, 6.07) is 0. The smallest absolute Gasteiger partial charge is 0.185 e. The third-order valence-electron chi connectivity index (χ3n) is 4.63. The summed E-state index contributed by atoms with van der Waals surface area (Å²) in [6.45, 7) is 8.13. The van der Waals surface area contributed by atoms with Crippen molar-refractivity contribution in [1.29, 1.82) is 0 Å². The molecule has 1 aromatic heterocycles. The quantitative estimate of drug-likeness (QED) is 0.916. The van der Waals surface area contributed by atoms with Crippen LogP contribution in [0.4, 0.5) is 5.13 Å². The number of hydrogen-bond donors (Lipinski definition) is 1. The average molecular weight is 293 g/mol. The molecule has 4 heteroatoms. The maximum absolute atomic E-state index is 5.01. The van der Waals surface area contributed by atoms with Gasteiger partial charge in [-0.2, -0.15) is 0 Å². The standard InChI is InChI=1S/C16H27N3S/c1-16(2)7-4-9-19(10-8-16)15-18-14(12-5-6-12)13(20-15)11-17-3/h12,17H,4-11H2,1-3H3. The first-order valence-electron chi connectivity index (χ1n) is 7.98. The van der Waals surface area contributed by atoms with Gasteiger partial charge in [0.25, 0.3) is 0 Å². The van der Waals surface area contributed by atoms with Crippen LogP contribution in [0.2, 0.25) is 0 Å². The highest BCUT2D eigenvalue weighted by Crippen LogP contribution is 2.44. The Kier molecular flexibility index (Phi) is 4.04. The molecule has 1 saturated heterocycles. The van der Waals surface area contributed by atoms with Gasteiger partial charge in [-0.25, -0.2) is 4.98 Å². The van der Waals surface area contributed by atoms with Gasteiger partial charge in [0.15, 0.2) is 5.13 Å². The molecule has 0 aromatic carbocycles. The maximum Gasteiger partial charge on any atom is 0.185 e. The van der Waals surface area contributed by atoms with Crippen molar-refractivity contribution >= 4 is 16.5 Å². The molecule has 0 bridgehead atoms. The van der Waals surface area contributed by atoms with Gasteiger partial charge in [0, 0.05) is 30.4 Å². The van der Waals surface area contributed by atoms with E-state index in [-0.39, 0.29) is 0 Å². The van der Waals surface area contributed by atoms with Gasteiger partial charge in [-0.15, -0.1) is 11.3 Å². The molecule has 1 saturated carbocycles. The van der Waals surface area contributed by atoms with E-state index < -0.39 is 0 Å². The number of nitrogens with zero attached hydrogens (tertiary/aromatic N) is 2. The van der Waals surface area contributed by atoms with Crippen molar-refractivity contribution in [2.45, 2.75) is 58.4 Å². The molecular weight excluding hydrogens is 266 g/mol. The highest BCUT2D eigenvalue weighted by atomic mass is 32.1. The Morgan fingerprint density at radius 3 is 2.80 bits per heavy atom. The number of rotatable bonds is 4. The second-order valence-corrected chi connectivity index (χ2v) is 8.18. The molecule has 3 nitrogen and oxygen atoms in total. The molecule has 2 aliphatic rings. The third-order valence-corrected chi connectivity index (χ3v) is 5.76. The topological polar surface area (TPSA) is 28.2 Å². The molecule has 1 aliphatic heterocycles. The van der Waals surface area contributed by atoms with Gasteiger partial charge in [0.05, 0.1) is 5.69 Å². The Hall–Kier alpha value is -0.610. The van der Waals surface area contributed by atoms with E-state index in [1.54, 1.807) is 0 Å². The minimum absolute atomic E-state index is 0.499. The van der Waals surface area contributed by atoms with Gasteiger partial charge >= 0.3 is 0 Å². The number of hydrogen-bond acceptors (Lipinski definition) is 4. The van der Waals surface area contributed by atoms with Crippen LogP contribution < -0.4 is 10.2 Å². The van der Waals surface area contributed by atoms with Gasteiger partial charge in [-0.05, 0) is 44.6 Å². The first kappa shape index (κ1) is 14.3. The lowest BCUT2D eigenvalue weighted by atomic mass is 9.85. The summed E-state index contributed by atoms with van der Waals surface area (Å²) in [4.78, 5) is 9.01. The van der Waals surface area contributed by atoms with Gasteiger partial charge in [0.1, 0.15) is 0 Å². The molecule has 20 heavy (non-hydrogen) atoms. The minimum Gasteiger partial charge on any atom is -0.348 e. The SMILES string of the molecule is CNCc1sc(N2CCCC(C)(C)CC2)nc1C1CC1. The highest BCUT2D eigenvalue weighted by molar-refractivity contribution is 7.15. The summed E-state index contributed by atoms with van der Waals surface area (Å²) in [6.07, 6.45) is 6.60. The normalized spacial score (nSPS) is 22.9. The van der Waals surface area contributed by atoms with Gasteiger partial charge in [-0.1, -0.05) is 13.8 Å². The summed E-state index contributed by atoms with van der Waals surface area (Å²) >= 11 is 1.92. The van der Waals surface area contributed by atoms with Crippen LogP contribution >= 0.6 is 11.3 Å². The number of nitrogens with one attached hydrogen (secondary N) is 1. The summed E-state index contributed by atoms with van der Waals surface area (Å²) in [7, 11) is 2.03. The number of thiazole rings is 1. The fourth-order valence-electron chi connectivity index (χ4n) is 3.06. The van der Waals surface area contributed by atoms with Crippen molar-refractivity contribution in [2.75, 3.05) is 25.0 Å². The Balaban J connectivity index is 1.77. The van der Waals surface area contributed by atoms with Crippen molar-refractivity contribution in [3.05, 3.63) is 10.6 Å². The molecule has 0 unspecified atom stereocenters. The Morgan fingerprint density at radius 2 is 2.10 bits per heavy atom. The van der Waals surface area contributed by atoms with Crippen molar-refractivity contribution in [1.82, 2.24) is 10.3 Å². The van der Waals surface area contributed by atoms with Gasteiger partial charge in [0.2, 0.25) is 0 Å². The van der Waals surface area contributed by atoms with Crippen LogP contribution in [0.15, 0.2) is 0 Å². The Bertz CT molecular complexity index is 462. The Labute approximate surface area is 126 Å². The van der Waals surface area contributed by atoms with Crippen LogP contribution in [-0.2, 0) is 6.54 Å². The summed E-state index contributed by atoms with van der Waals surface area (Å²) in [5.74, 6) is 0.756. The molecule has 0 spiro atoms.